The second-order valence-corrected chi connectivity index (χ2v) is 3.27. The van der Waals surface area contributed by atoms with E-state index in [4.69, 9.17) is 0 Å². The van der Waals surface area contributed by atoms with Gasteiger partial charge in [-0.2, -0.15) is 0 Å². The highest BCUT2D eigenvalue weighted by atomic mass is 79.9. The molecule has 0 atom stereocenters. The summed E-state index contributed by atoms with van der Waals surface area (Å²) < 4.78 is 0.769. The second kappa shape index (κ2) is 2.62. The molecule has 1 aromatic rings. The van der Waals surface area contributed by atoms with Gasteiger partial charge in [0.1, 0.15) is 5.75 Å². The van der Waals surface area contributed by atoms with Gasteiger partial charge in [0, 0.05) is 0 Å². The first-order valence-electron chi connectivity index (χ1n) is 3.07. The summed E-state index contributed by atoms with van der Waals surface area (Å²) in [5.41, 5.74) is 2.06. The average Bonchev–Trinajstić information content (AvgIpc) is 1.82. The maximum atomic E-state index is 9.28. The van der Waals surface area contributed by atoms with Crippen molar-refractivity contribution in [3.8, 4) is 5.75 Å². The molecule has 10 heavy (non-hydrogen) atoms. The zero-order chi connectivity index (χ0) is 7.72. The molecule has 2 heteroatoms. The van der Waals surface area contributed by atoms with Gasteiger partial charge < -0.3 is 5.11 Å². The van der Waals surface area contributed by atoms with E-state index in [1.54, 1.807) is 0 Å². The second-order valence-electron chi connectivity index (χ2n) is 2.41. The third kappa shape index (κ3) is 1.32. The zero-order valence-electron chi connectivity index (χ0n) is 5.98. The van der Waals surface area contributed by atoms with E-state index in [9.17, 15) is 5.11 Å². The van der Waals surface area contributed by atoms with Crippen LogP contribution in [-0.2, 0) is 0 Å². The van der Waals surface area contributed by atoms with Crippen molar-refractivity contribution in [2.45, 2.75) is 13.8 Å². The summed E-state index contributed by atoms with van der Waals surface area (Å²) in [4.78, 5) is 0. The van der Waals surface area contributed by atoms with Crippen LogP contribution in [0.25, 0.3) is 0 Å². The number of aromatic hydroxyl groups is 1. The van der Waals surface area contributed by atoms with E-state index >= 15 is 0 Å². The number of hydrogen-bond donors (Lipinski definition) is 1. The Kier molecular flexibility index (Phi) is 2.00. The Morgan fingerprint density at radius 1 is 1.30 bits per heavy atom. The first-order valence-corrected chi connectivity index (χ1v) is 3.86. The summed E-state index contributed by atoms with van der Waals surface area (Å²) in [7, 11) is 0. The van der Waals surface area contributed by atoms with Gasteiger partial charge in [-0.15, -0.1) is 0 Å². The first-order chi connectivity index (χ1) is 4.61. The van der Waals surface area contributed by atoms with Crippen LogP contribution in [0.5, 0.6) is 5.75 Å². The smallest absolute Gasteiger partial charge is 0.132 e. The van der Waals surface area contributed by atoms with Crippen molar-refractivity contribution in [3.63, 3.8) is 0 Å². The highest BCUT2D eigenvalue weighted by molar-refractivity contribution is 9.10. The van der Waals surface area contributed by atoms with Gasteiger partial charge in [-0.1, -0.05) is 6.07 Å². The SMILES string of the molecule is Cc1cc(C)c(O)c(Br)c1. The van der Waals surface area contributed by atoms with E-state index in [-0.39, 0.29) is 0 Å². The van der Waals surface area contributed by atoms with E-state index in [0.717, 1.165) is 15.6 Å². The molecule has 0 aliphatic heterocycles. The average molecular weight is 201 g/mol. The Bertz CT molecular complexity index is 232. The predicted molar refractivity (Wildman–Crippen MR) is 45.3 cm³/mol. The Balaban J connectivity index is 3.31. The van der Waals surface area contributed by atoms with Gasteiger partial charge in [0.2, 0.25) is 0 Å². The minimum absolute atomic E-state index is 0.339. The largest absolute Gasteiger partial charge is 0.506 e. The van der Waals surface area contributed by atoms with E-state index in [1.165, 1.54) is 0 Å². The lowest BCUT2D eigenvalue weighted by Gasteiger charge is -2.01. The number of rotatable bonds is 0. The molecule has 0 aromatic heterocycles. The number of halogens is 1. The molecule has 1 aromatic carbocycles. The summed E-state index contributed by atoms with van der Waals surface area (Å²) in [6.45, 7) is 3.88. The van der Waals surface area contributed by atoms with Crippen molar-refractivity contribution < 1.29 is 5.11 Å². The highest BCUT2D eigenvalue weighted by Crippen LogP contribution is 2.28. The lowest BCUT2D eigenvalue weighted by atomic mass is 10.1. The lowest BCUT2D eigenvalue weighted by molar-refractivity contribution is 0.467. The molecule has 54 valence electrons. The maximum absolute atomic E-state index is 9.28. The number of phenols is 1. The summed E-state index contributed by atoms with van der Waals surface area (Å²) in [6, 6.07) is 3.84. The number of phenolic OH excluding ortho intramolecular Hbond substituents is 1. The molecule has 0 bridgehead atoms. The van der Waals surface area contributed by atoms with Crippen molar-refractivity contribution >= 4 is 15.9 Å². The van der Waals surface area contributed by atoms with Crippen LogP contribution in [0.4, 0.5) is 0 Å². The van der Waals surface area contributed by atoms with Gasteiger partial charge in [-0.25, -0.2) is 0 Å². The normalized spacial score (nSPS) is 9.90. The lowest BCUT2D eigenvalue weighted by Crippen LogP contribution is -1.78. The van der Waals surface area contributed by atoms with Gasteiger partial charge in [0.15, 0.2) is 0 Å². The summed E-state index contributed by atoms with van der Waals surface area (Å²) >= 11 is 3.25. The number of aryl methyl sites for hydroxylation is 2. The van der Waals surface area contributed by atoms with E-state index < -0.39 is 0 Å². The van der Waals surface area contributed by atoms with Crippen molar-refractivity contribution in [1.82, 2.24) is 0 Å². The van der Waals surface area contributed by atoms with Gasteiger partial charge in [0.05, 0.1) is 4.47 Å². The Morgan fingerprint density at radius 2 is 1.90 bits per heavy atom. The van der Waals surface area contributed by atoms with Crippen LogP contribution in [-0.4, -0.2) is 5.11 Å². The Labute approximate surface area is 68.8 Å². The fourth-order valence-electron chi connectivity index (χ4n) is 0.908. The zero-order valence-corrected chi connectivity index (χ0v) is 7.57. The Morgan fingerprint density at radius 3 is 2.40 bits per heavy atom. The van der Waals surface area contributed by atoms with Gasteiger partial charge in [0.25, 0.3) is 0 Å². The molecule has 0 aliphatic rings. The number of benzene rings is 1. The van der Waals surface area contributed by atoms with Crippen molar-refractivity contribution in [2.24, 2.45) is 0 Å². The van der Waals surface area contributed by atoms with Crippen LogP contribution in [0.2, 0.25) is 0 Å². The van der Waals surface area contributed by atoms with E-state index in [2.05, 4.69) is 15.9 Å². The van der Waals surface area contributed by atoms with Crippen LogP contribution in [0.1, 0.15) is 11.1 Å². The molecule has 0 saturated heterocycles. The van der Waals surface area contributed by atoms with Crippen LogP contribution < -0.4 is 0 Å². The fraction of sp³-hybridized carbons (Fsp3) is 0.250. The minimum atomic E-state index is 0.339. The summed E-state index contributed by atoms with van der Waals surface area (Å²) in [6.07, 6.45) is 0. The topological polar surface area (TPSA) is 20.2 Å². The van der Waals surface area contributed by atoms with Crippen LogP contribution in [0.15, 0.2) is 16.6 Å². The van der Waals surface area contributed by atoms with E-state index in [1.807, 2.05) is 26.0 Å². The molecule has 0 spiro atoms. The summed E-state index contributed by atoms with van der Waals surface area (Å²) in [5.74, 6) is 0.339. The minimum Gasteiger partial charge on any atom is -0.506 e. The van der Waals surface area contributed by atoms with Crippen LogP contribution in [0.3, 0.4) is 0 Å². The molecule has 0 radical (unpaired) electrons. The molecule has 1 nitrogen and oxygen atoms in total. The van der Waals surface area contributed by atoms with Gasteiger partial charge >= 0.3 is 0 Å². The number of hydrogen-bond acceptors (Lipinski definition) is 1. The summed E-state index contributed by atoms with van der Waals surface area (Å²) in [5, 5.41) is 9.28. The molecule has 0 unspecified atom stereocenters. The Hall–Kier alpha value is -0.500. The third-order valence-electron chi connectivity index (χ3n) is 1.40. The first kappa shape index (κ1) is 7.61. The molecular formula is C8H9BrO. The molecular weight excluding hydrogens is 192 g/mol. The fourth-order valence-corrected chi connectivity index (χ4v) is 1.58. The van der Waals surface area contributed by atoms with Crippen molar-refractivity contribution in [3.05, 3.63) is 27.7 Å². The quantitative estimate of drug-likeness (QED) is 0.684. The van der Waals surface area contributed by atoms with Crippen molar-refractivity contribution in [2.75, 3.05) is 0 Å². The molecule has 0 saturated carbocycles. The third-order valence-corrected chi connectivity index (χ3v) is 2.00. The van der Waals surface area contributed by atoms with Gasteiger partial charge in [-0.3, -0.25) is 0 Å². The molecule has 1 rings (SSSR count). The molecule has 0 aliphatic carbocycles. The molecule has 1 N–H and O–H groups in total. The standard InChI is InChI=1S/C8H9BrO/c1-5-3-6(2)8(10)7(9)4-5/h3-4,10H,1-2H3. The van der Waals surface area contributed by atoms with Crippen molar-refractivity contribution in [1.29, 1.82) is 0 Å². The molecule has 0 amide bonds. The van der Waals surface area contributed by atoms with E-state index in [0.29, 0.717) is 5.75 Å². The highest BCUT2D eigenvalue weighted by Gasteiger charge is 2.00. The predicted octanol–water partition coefficient (Wildman–Crippen LogP) is 2.77. The van der Waals surface area contributed by atoms with Crippen LogP contribution >= 0.6 is 15.9 Å². The molecule has 0 heterocycles. The monoisotopic (exact) mass is 200 g/mol. The van der Waals surface area contributed by atoms with Crippen LogP contribution in [0, 0.1) is 13.8 Å². The molecule has 0 fully saturated rings. The van der Waals surface area contributed by atoms with Gasteiger partial charge in [-0.05, 0) is 47.0 Å². The maximum Gasteiger partial charge on any atom is 0.132 e.